The molecule has 82 valence electrons. The van der Waals surface area contributed by atoms with Gasteiger partial charge in [0.25, 0.3) is 0 Å². The summed E-state index contributed by atoms with van der Waals surface area (Å²) in [4.78, 5) is 9.70. The highest BCUT2D eigenvalue weighted by molar-refractivity contribution is 5.38. The lowest BCUT2D eigenvalue weighted by Gasteiger charge is -2.32. The number of nitrogens with two attached hydrogens (primary N) is 1. The fourth-order valence-electron chi connectivity index (χ4n) is 1.59. The van der Waals surface area contributed by atoms with Crippen molar-refractivity contribution in [2.45, 2.75) is 18.7 Å². The molecule has 0 bridgehead atoms. The van der Waals surface area contributed by atoms with E-state index in [1.807, 2.05) is 0 Å². The molecular formula is C9H13FN4O. The van der Waals surface area contributed by atoms with Crippen LogP contribution in [0.4, 0.5) is 16.2 Å². The molecule has 0 aliphatic carbocycles. The summed E-state index contributed by atoms with van der Waals surface area (Å²) in [6.45, 7) is 0.662. The normalized spacial score (nSPS) is 26.7. The molecule has 2 atom stereocenters. The Morgan fingerprint density at radius 1 is 1.60 bits per heavy atom. The predicted molar refractivity (Wildman–Crippen MR) is 54.2 cm³/mol. The monoisotopic (exact) mass is 212 g/mol. The molecule has 1 fully saturated rings. The van der Waals surface area contributed by atoms with Gasteiger partial charge < -0.3 is 15.7 Å². The Labute approximate surface area is 86.7 Å². The summed E-state index contributed by atoms with van der Waals surface area (Å²) in [6.07, 6.45) is -0.194. The van der Waals surface area contributed by atoms with Crippen LogP contribution in [0.1, 0.15) is 6.42 Å². The molecule has 1 aliphatic rings. The predicted octanol–water partition coefficient (Wildman–Crippen LogP) is -0.0321. The van der Waals surface area contributed by atoms with Crippen LogP contribution in [-0.2, 0) is 0 Å². The van der Waals surface area contributed by atoms with Gasteiger partial charge in [0, 0.05) is 12.7 Å². The second-order valence-corrected chi connectivity index (χ2v) is 3.60. The lowest BCUT2D eigenvalue weighted by Crippen LogP contribution is -2.45. The molecule has 6 heteroatoms. The molecular weight excluding hydrogens is 199 g/mol. The van der Waals surface area contributed by atoms with E-state index in [9.17, 15) is 9.50 Å². The molecule has 1 saturated heterocycles. The minimum absolute atomic E-state index is 0.116. The number of aromatic nitrogens is 2. The fraction of sp³-hybridized carbons (Fsp3) is 0.556. The van der Waals surface area contributed by atoms with Crippen molar-refractivity contribution in [3.63, 3.8) is 0 Å². The van der Waals surface area contributed by atoms with Crippen molar-refractivity contribution in [1.82, 2.24) is 9.97 Å². The summed E-state index contributed by atoms with van der Waals surface area (Å²) in [6, 6.07) is 1.58. The Morgan fingerprint density at radius 2 is 2.40 bits per heavy atom. The van der Waals surface area contributed by atoms with Gasteiger partial charge in [0.2, 0.25) is 5.95 Å². The van der Waals surface area contributed by atoms with E-state index in [0.717, 1.165) is 0 Å². The van der Waals surface area contributed by atoms with Crippen LogP contribution >= 0.6 is 0 Å². The van der Waals surface area contributed by atoms with Crippen LogP contribution in [0.2, 0.25) is 0 Å². The summed E-state index contributed by atoms with van der Waals surface area (Å²) in [5.41, 5.74) is 5.51. The zero-order valence-electron chi connectivity index (χ0n) is 8.17. The van der Waals surface area contributed by atoms with E-state index >= 15 is 0 Å². The Balaban J connectivity index is 2.12. The number of piperidine rings is 1. The molecule has 2 heterocycles. The van der Waals surface area contributed by atoms with Crippen LogP contribution in [0, 0.1) is 0 Å². The van der Waals surface area contributed by atoms with Gasteiger partial charge in [-0.2, -0.15) is 4.98 Å². The highest BCUT2D eigenvalue weighted by Crippen LogP contribution is 2.18. The number of hydrogen-bond donors (Lipinski definition) is 2. The molecule has 0 saturated carbocycles. The zero-order valence-corrected chi connectivity index (χ0v) is 8.17. The third-order valence-corrected chi connectivity index (χ3v) is 2.45. The van der Waals surface area contributed by atoms with Gasteiger partial charge in [0.05, 0.1) is 12.6 Å². The van der Waals surface area contributed by atoms with Crippen LogP contribution in [0.25, 0.3) is 0 Å². The molecule has 0 unspecified atom stereocenters. The van der Waals surface area contributed by atoms with Crippen LogP contribution < -0.4 is 10.6 Å². The van der Waals surface area contributed by atoms with E-state index in [4.69, 9.17) is 5.73 Å². The molecule has 0 amide bonds. The lowest BCUT2D eigenvalue weighted by molar-refractivity contribution is 0.0612. The summed E-state index contributed by atoms with van der Waals surface area (Å²) in [5.74, 6) is 0.783. The van der Waals surface area contributed by atoms with E-state index in [1.165, 1.54) is 6.20 Å². The third-order valence-electron chi connectivity index (χ3n) is 2.45. The summed E-state index contributed by atoms with van der Waals surface area (Å²) in [5, 5.41) is 9.23. The number of alkyl halides is 1. The molecule has 0 aromatic carbocycles. The zero-order chi connectivity index (χ0) is 10.8. The molecule has 1 aliphatic heterocycles. The van der Waals surface area contributed by atoms with Gasteiger partial charge in [-0.3, -0.25) is 0 Å². The number of nitrogens with zero attached hydrogens (tertiary/aromatic N) is 3. The third kappa shape index (κ3) is 2.15. The average molecular weight is 212 g/mol. The van der Waals surface area contributed by atoms with E-state index in [-0.39, 0.29) is 6.54 Å². The van der Waals surface area contributed by atoms with Crippen molar-refractivity contribution >= 4 is 11.8 Å². The maximum atomic E-state index is 13.2. The van der Waals surface area contributed by atoms with Gasteiger partial charge in [-0.05, 0) is 12.5 Å². The second-order valence-electron chi connectivity index (χ2n) is 3.60. The number of halogens is 1. The fourth-order valence-corrected chi connectivity index (χ4v) is 1.59. The number of rotatable bonds is 1. The molecule has 1 aromatic rings. The first-order valence-corrected chi connectivity index (χ1v) is 4.82. The quantitative estimate of drug-likeness (QED) is 0.683. The second kappa shape index (κ2) is 3.98. The number of nitrogen functional groups attached to an aromatic ring is 1. The topological polar surface area (TPSA) is 75.3 Å². The van der Waals surface area contributed by atoms with Crippen molar-refractivity contribution in [3.05, 3.63) is 12.3 Å². The molecule has 1 aromatic heterocycles. The number of aliphatic hydroxyl groups excluding tert-OH is 1. The minimum atomic E-state index is -1.25. The molecule has 0 radical (unpaired) electrons. The highest BCUT2D eigenvalue weighted by Gasteiger charge is 2.28. The summed E-state index contributed by atoms with van der Waals surface area (Å²) >= 11 is 0. The van der Waals surface area contributed by atoms with Gasteiger partial charge in [-0.1, -0.05) is 0 Å². The number of anilines is 2. The largest absolute Gasteiger partial charge is 0.390 e. The standard InChI is InChI=1S/C9H13FN4O/c10-6-5-14(4-2-7(6)15)9-12-3-1-8(11)13-9/h1,3,6-7,15H,2,4-5H2,(H2,11,12,13)/t6-,7-/m1/s1. The van der Waals surface area contributed by atoms with Crippen molar-refractivity contribution < 1.29 is 9.50 Å². The maximum absolute atomic E-state index is 13.2. The van der Waals surface area contributed by atoms with Crippen LogP contribution in [0.3, 0.4) is 0 Å². The van der Waals surface area contributed by atoms with Crippen LogP contribution in [-0.4, -0.2) is 40.4 Å². The molecule has 2 rings (SSSR count). The van der Waals surface area contributed by atoms with Gasteiger partial charge in [0.1, 0.15) is 12.0 Å². The minimum Gasteiger partial charge on any atom is -0.390 e. The molecule has 15 heavy (non-hydrogen) atoms. The Hall–Kier alpha value is -1.43. The highest BCUT2D eigenvalue weighted by atomic mass is 19.1. The average Bonchev–Trinajstić information content (AvgIpc) is 2.22. The van der Waals surface area contributed by atoms with E-state index < -0.39 is 12.3 Å². The van der Waals surface area contributed by atoms with E-state index in [0.29, 0.717) is 24.7 Å². The molecule has 5 nitrogen and oxygen atoms in total. The van der Waals surface area contributed by atoms with E-state index in [1.54, 1.807) is 11.0 Å². The van der Waals surface area contributed by atoms with Crippen molar-refractivity contribution in [3.8, 4) is 0 Å². The van der Waals surface area contributed by atoms with Gasteiger partial charge in [-0.25, -0.2) is 9.37 Å². The first kappa shape index (κ1) is 10.1. The van der Waals surface area contributed by atoms with E-state index in [2.05, 4.69) is 9.97 Å². The number of hydrogen-bond acceptors (Lipinski definition) is 5. The Kier molecular flexibility index (Phi) is 2.68. The van der Waals surface area contributed by atoms with Crippen LogP contribution in [0.15, 0.2) is 12.3 Å². The first-order chi connectivity index (χ1) is 7.16. The molecule has 3 N–H and O–H groups in total. The first-order valence-electron chi connectivity index (χ1n) is 4.82. The summed E-state index contributed by atoms with van der Waals surface area (Å²) < 4.78 is 13.2. The Morgan fingerprint density at radius 3 is 3.07 bits per heavy atom. The van der Waals surface area contributed by atoms with Gasteiger partial charge in [-0.15, -0.1) is 0 Å². The lowest BCUT2D eigenvalue weighted by atomic mass is 10.1. The smallest absolute Gasteiger partial charge is 0.227 e. The van der Waals surface area contributed by atoms with Crippen molar-refractivity contribution in [1.29, 1.82) is 0 Å². The molecule has 0 spiro atoms. The summed E-state index contributed by atoms with van der Waals surface area (Å²) in [7, 11) is 0. The van der Waals surface area contributed by atoms with Crippen molar-refractivity contribution in [2.75, 3.05) is 23.7 Å². The van der Waals surface area contributed by atoms with Gasteiger partial charge in [0.15, 0.2) is 0 Å². The Bertz CT molecular complexity index is 349. The van der Waals surface area contributed by atoms with Crippen LogP contribution in [0.5, 0.6) is 0 Å². The van der Waals surface area contributed by atoms with Crippen molar-refractivity contribution in [2.24, 2.45) is 0 Å². The van der Waals surface area contributed by atoms with Gasteiger partial charge >= 0.3 is 0 Å². The number of aliphatic hydroxyl groups is 1. The SMILES string of the molecule is Nc1ccnc(N2CC[C@@H](O)[C@H](F)C2)n1. The maximum Gasteiger partial charge on any atom is 0.227 e.